The average molecular weight is 657 g/mol. The van der Waals surface area contributed by atoms with E-state index in [9.17, 15) is 19.8 Å². The smallest absolute Gasteiger partial charge is 0.343 e. The van der Waals surface area contributed by atoms with Gasteiger partial charge in [0.25, 0.3) is 0 Å². The number of carbonyl (C=O) groups excluding carboxylic acids is 2. The Labute approximate surface area is 285 Å². The molecule has 2 aromatic carbocycles. The predicted molar refractivity (Wildman–Crippen MR) is 191 cm³/mol. The Morgan fingerprint density at radius 1 is 0.625 bits per heavy atom. The Balaban J connectivity index is 1.89. The highest BCUT2D eigenvalue weighted by Crippen LogP contribution is 2.42. The number of nitrogens with zero attached hydrogens (tertiary/aromatic N) is 2. The van der Waals surface area contributed by atoms with Crippen molar-refractivity contribution in [3.05, 3.63) is 91.4 Å². The highest BCUT2D eigenvalue weighted by atomic mass is 16.5. The van der Waals surface area contributed by atoms with Gasteiger partial charge in [-0.25, -0.2) is 9.59 Å². The molecule has 0 spiro atoms. The zero-order chi connectivity index (χ0) is 35.1. The summed E-state index contributed by atoms with van der Waals surface area (Å²) in [5, 5.41) is 21.3. The minimum atomic E-state index is -0.679. The number of ether oxygens (including phenoxy) is 2. The summed E-state index contributed by atoms with van der Waals surface area (Å²) in [4.78, 5) is 36.7. The summed E-state index contributed by atoms with van der Waals surface area (Å²) in [6.45, 7) is 15.1. The maximum Gasteiger partial charge on any atom is 0.343 e. The number of carbonyl (C=O) groups is 2. The van der Waals surface area contributed by atoms with Crippen LogP contribution in [0.15, 0.2) is 56.9 Å². The largest absolute Gasteiger partial charge is 0.512 e. The molecule has 48 heavy (non-hydrogen) atoms. The standard InChI is InChI=1S/C40H52N2O6/c1-23-17-25(3)35(26(4)18-23)37(41-21-33(29(7)43)39(45)47-31-13-9-10-14-31)38(36-27(5)19-24(2)20-28(36)6)42-22-34(30(8)44)40(46)48-32-15-11-12-16-32/h17-22,31-32,37-38,43-44H,9-16H2,1-8H3/b33-29-,34-30+,41-21?,42-22?/t37-,38-/m0/s1. The fourth-order valence-electron chi connectivity index (χ4n) is 7.28. The second kappa shape index (κ2) is 16.3. The molecule has 2 N–H and O–H groups in total. The van der Waals surface area contributed by atoms with E-state index in [0.29, 0.717) is 0 Å². The Bertz CT molecular complexity index is 1460. The van der Waals surface area contributed by atoms with Crippen molar-refractivity contribution in [3.63, 3.8) is 0 Å². The van der Waals surface area contributed by atoms with Gasteiger partial charge in [0.2, 0.25) is 0 Å². The lowest BCUT2D eigenvalue weighted by Crippen LogP contribution is -2.20. The molecule has 2 aromatic rings. The van der Waals surface area contributed by atoms with Gasteiger partial charge in [-0.15, -0.1) is 0 Å². The number of aryl methyl sites for hydroxylation is 6. The molecule has 0 unspecified atom stereocenters. The van der Waals surface area contributed by atoms with Gasteiger partial charge in [0.1, 0.15) is 47.0 Å². The van der Waals surface area contributed by atoms with Gasteiger partial charge < -0.3 is 19.7 Å². The molecule has 2 aliphatic rings. The third kappa shape index (κ3) is 9.03. The van der Waals surface area contributed by atoms with Crippen LogP contribution in [-0.2, 0) is 19.1 Å². The predicted octanol–water partition coefficient (Wildman–Crippen LogP) is 9.10. The van der Waals surface area contributed by atoms with Gasteiger partial charge in [0.15, 0.2) is 0 Å². The SMILES string of the molecule is C/C(O)=C(\C=N[C@@H](c1c(C)cc(C)cc1C)[C@@H](N=C/C(C(=O)OC1CCCC1)=C(/C)O)c1c(C)cc(C)cc1C)C(=O)OC1CCCC1. The maximum atomic E-state index is 13.3. The van der Waals surface area contributed by atoms with E-state index in [4.69, 9.17) is 19.5 Å². The number of aliphatic imine (C=N–C) groups is 2. The van der Waals surface area contributed by atoms with Crippen LogP contribution in [-0.4, -0.2) is 46.8 Å². The van der Waals surface area contributed by atoms with Crippen molar-refractivity contribution in [1.29, 1.82) is 0 Å². The number of hydrogen-bond acceptors (Lipinski definition) is 8. The van der Waals surface area contributed by atoms with Crippen LogP contribution in [0.2, 0.25) is 0 Å². The summed E-state index contributed by atoms with van der Waals surface area (Å²) < 4.78 is 11.5. The molecule has 8 nitrogen and oxygen atoms in total. The molecule has 0 aliphatic heterocycles. The minimum absolute atomic E-state index is 0.0127. The van der Waals surface area contributed by atoms with E-state index >= 15 is 0 Å². The van der Waals surface area contributed by atoms with E-state index in [1.807, 2.05) is 41.5 Å². The van der Waals surface area contributed by atoms with Crippen LogP contribution in [0.1, 0.15) is 122 Å². The highest BCUT2D eigenvalue weighted by molar-refractivity contribution is 6.10. The van der Waals surface area contributed by atoms with Crippen LogP contribution in [0.5, 0.6) is 0 Å². The van der Waals surface area contributed by atoms with Crippen LogP contribution >= 0.6 is 0 Å². The molecule has 2 fully saturated rings. The minimum Gasteiger partial charge on any atom is -0.512 e. The monoisotopic (exact) mass is 656 g/mol. The molecule has 258 valence electrons. The fourth-order valence-corrected chi connectivity index (χ4v) is 7.28. The van der Waals surface area contributed by atoms with Crippen LogP contribution in [0.3, 0.4) is 0 Å². The van der Waals surface area contributed by atoms with Gasteiger partial charge in [-0.05, 0) is 140 Å². The normalized spacial score (nSPS) is 18.2. The van der Waals surface area contributed by atoms with Gasteiger partial charge in [0.05, 0.1) is 0 Å². The van der Waals surface area contributed by atoms with E-state index in [1.165, 1.54) is 26.3 Å². The first-order valence-electron chi connectivity index (χ1n) is 17.2. The van der Waals surface area contributed by atoms with Crippen LogP contribution < -0.4 is 0 Å². The molecular weight excluding hydrogens is 604 g/mol. The van der Waals surface area contributed by atoms with Gasteiger partial charge in [-0.2, -0.15) is 0 Å². The Morgan fingerprint density at radius 3 is 1.19 bits per heavy atom. The van der Waals surface area contributed by atoms with Crippen LogP contribution in [0.4, 0.5) is 0 Å². The number of hydrogen-bond donors (Lipinski definition) is 2. The molecule has 0 radical (unpaired) electrons. The number of esters is 2. The summed E-state index contributed by atoms with van der Waals surface area (Å²) in [6, 6.07) is 7.00. The Kier molecular flexibility index (Phi) is 12.4. The van der Waals surface area contributed by atoms with E-state index in [-0.39, 0.29) is 34.9 Å². The Hall–Kier alpha value is -4.20. The third-order valence-electron chi connectivity index (χ3n) is 9.47. The van der Waals surface area contributed by atoms with Gasteiger partial charge >= 0.3 is 11.9 Å². The molecule has 0 heterocycles. The first-order chi connectivity index (χ1) is 22.8. The number of allylic oxidation sites excluding steroid dienone is 2. The molecular formula is C40H52N2O6. The first-order valence-corrected chi connectivity index (χ1v) is 17.2. The van der Waals surface area contributed by atoms with Crippen molar-refractivity contribution in [3.8, 4) is 0 Å². The van der Waals surface area contributed by atoms with Gasteiger partial charge in [0, 0.05) is 12.4 Å². The van der Waals surface area contributed by atoms with E-state index in [2.05, 4.69) is 24.3 Å². The van der Waals surface area contributed by atoms with Gasteiger partial charge in [-0.3, -0.25) is 9.98 Å². The number of aliphatic hydroxyl groups is 2. The molecule has 0 bridgehead atoms. The number of aliphatic hydroxyl groups excluding tert-OH is 2. The molecule has 2 atom stereocenters. The van der Waals surface area contributed by atoms with Crippen LogP contribution in [0.25, 0.3) is 0 Å². The van der Waals surface area contributed by atoms with E-state index in [0.717, 1.165) is 95.9 Å². The topological polar surface area (TPSA) is 118 Å². The highest BCUT2D eigenvalue weighted by Gasteiger charge is 2.31. The fraction of sp³-hybridized carbons (Fsp3) is 0.500. The summed E-state index contributed by atoms with van der Waals surface area (Å²) in [6.07, 6.45) is 9.68. The van der Waals surface area contributed by atoms with Crippen molar-refractivity contribution in [2.45, 2.75) is 131 Å². The summed E-state index contributed by atoms with van der Waals surface area (Å²) in [5.41, 5.74) is 7.97. The second-order valence-corrected chi connectivity index (χ2v) is 13.7. The number of benzene rings is 2. The quantitative estimate of drug-likeness (QED) is 0.108. The van der Waals surface area contributed by atoms with Crippen LogP contribution in [0, 0.1) is 41.5 Å². The van der Waals surface area contributed by atoms with E-state index in [1.54, 1.807) is 0 Å². The third-order valence-corrected chi connectivity index (χ3v) is 9.47. The zero-order valence-electron chi connectivity index (χ0n) is 29.9. The lowest BCUT2D eigenvalue weighted by Gasteiger charge is -2.28. The first kappa shape index (κ1) is 36.6. The molecule has 2 saturated carbocycles. The molecule has 4 rings (SSSR count). The zero-order valence-corrected chi connectivity index (χ0v) is 29.9. The molecule has 0 saturated heterocycles. The lowest BCUT2D eigenvalue weighted by atomic mass is 9.84. The summed E-state index contributed by atoms with van der Waals surface area (Å²) in [7, 11) is 0. The molecule has 0 aromatic heterocycles. The molecule has 2 aliphatic carbocycles. The summed E-state index contributed by atoms with van der Waals surface area (Å²) in [5.74, 6) is -1.59. The van der Waals surface area contributed by atoms with Crippen molar-refractivity contribution in [1.82, 2.24) is 0 Å². The molecule has 8 heteroatoms. The van der Waals surface area contributed by atoms with Crippen molar-refractivity contribution < 1.29 is 29.3 Å². The van der Waals surface area contributed by atoms with Crippen molar-refractivity contribution in [2.75, 3.05) is 0 Å². The lowest BCUT2D eigenvalue weighted by molar-refractivity contribution is -0.144. The maximum absolute atomic E-state index is 13.3. The van der Waals surface area contributed by atoms with E-state index < -0.39 is 24.0 Å². The Morgan fingerprint density at radius 2 is 0.917 bits per heavy atom. The van der Waals surface area contributed by atoms with Gasteiger partial charge in [-0.1, -0.05) is 35.4 Å². The molecule has 0 amide bonds. The van der Waals surface area contributed by atoms with Crippen molar-refractivity contribution in [2.24, 2.45) is 9.98 Å². The van der Waals surface area contributed by atoms with Crippen molar-refractivity contribution >= 4 is 24.4 Å². The number of rotatable bonds is 11. The second-order valence-electron chi connectivity index (χ2n) is 13.7. The average Bonchev–Trinajstić information content (AvgIpc) is 3.69. The summed E-state index contributed by atoms with van der Waals surface area (Å²) >= 11 is 0.